The second-order valence-electron chi connectivity index (χ2n) is 6.16. The van der Waals surface area contributed by atoms with Crippen LogP contribution in [-0.2, 0) is 6.61 Å². The fourth-order valence-electron chi connectivity index (χ4n) is 2.67. The maximum atomic E-state index is 12.5. The van der Waals surface area contributed by atoms with Crippen LogP contribution in [0, 0.1) is 4.64 Å². The number of hydrogen-bond acceptors (Lipinski definition) is 5. The van der Waals surface area contributed by atoms with Crippen molar-refractivity contribution in [3.8, 4) is 11.5 Å². The molecule has 6 nitrogen and oxygen atoms in total. The molecule has 0 aliphatic carbocycles. The van der Waals surface area contributed by atoms with Crippen molar-refractivity contribution in [3.05, 3.63) is 82.4 Å². The number of H-pyrrole nitrogens is 1. The number of rotatable bonds is 7. The lowest BCUT2D eigenvalue weighted by Crippen LogP contribution is -2.27. The summed E-state index contributed by atoms with van der Waals surface area (Å²) in [5, 5.41) is 2.95. The van der Waals surface area contributed by atoms with Gasteiger partial charge in [-0.25, -0.2) is 0 Å². The molecule has 2 heterocycles. The molecule has 3 rings (SSSR count). The van der Waals surface area contributed by atoms with Gasteiger partial charge in [0.15, 0.2) is 11.5 Å². The quantitative estimate of drug-likeness (QED) is 0.586. The number of pyridine rings is 2. The minimum atomic E-state index is -0.231. The first-order valence-corrected chi connectivity index (χ1v) is 9.17. The molecule has 0 radical (unpaired) electrons. The third-order valence-corrected chi connectivity index (χ3v) is 4.58. The number of nitrogens with zero attached hydrogens (tertiary/aromatic N) is 1. The van der Waals surface area contributed by atoms with Crippen LogP contribution in [0.25, 0.3) is 0 Å². The van der Waals surface area contributed by atoms with Crippen LogP contribution in [0.2, 0.25) is 0 Å². The molecule has 0 aliphatic rings. The molecule has 28 heavy (non-hydrogen) atoms. The molecule has 144 valence electrons. The number of aromatic amines is 1. The van der Waals surface area contributed by atoms with Gasteiger partial charge in [-0.2, -0.15) is 0 Å². The predicted octanol–water partition coefficient (Wildman–Crippen LogP) is 4.22. The number of hydrogen-bond donors (Lipinski definition) is 2. The topological polar surface area (TPSA) is 76.2 Å². The highest BCUT2D eigenvalue weighted by Gasteiger charge is 2.15. The maximum absolute atomic E-state index is 12.5. The molecule has 0 aliphatic heterocycles. The minimum Gasteiger partial charge on any atom is -0.493 e. The number of benzene rings is 1. The predicted molar refractivity (Wildman–Crippen MR) is 109 cm³/mol. The highest BCUT2D eigenvalue weighted by Crippen LogP contribution is 2.31. The highest BCUT2D eigenvalue weighted by molar-refractivity contribution is 7.71. The van der Waals surface area contributed by atoms with E-state index in [0.717, 1.165) is 11.1 Å². The molecule has 2 N–H and O–H groups in total. The van der Waals surface area contributed by atoms with Gasteiger partial charge in [-0.15, -0.1) is 0 Å². The van der Waals surface area contributed by atoms with Gasteiger partial charge < -0.3 is 19.8 Å². The highest BCUT2D eigenvalue weighted by atomic mass is 32.1. The van der Waals surface area contributed by atoms with Gasteiger partial charge in [-0.05, 0) is 54.4 Å². The van der Waals surface area contributed by atoms with Gasteiger partial charge in [0.1, 0.15) is 11.2 Å². The smallest absolute Gasteiger partial charge is 0.254 e. The van der Waals surface area contributed by atoms with E-state index in [1.807, 2.05) is 37.3 Å². The van der Waals surface area contributed by atoms with E-state index in [2.05, 4.69) is 15.3 Å². The Bertz CT molecular complexity index is 1010. The summed E-state index contributed by atoms with van der Waals surface area (Å²) in [7, 11) is 1.59. The van der Waals surface area contributed by atoms with E-state index in [1.54, 1.807) is 37.8 Å². The third-order valence-electron chi connectivity index (χ3n) is 4.24. The summed E-state index contributed by atoms with van der Waals surface area (Å²) < 4.78 is 11.7. The van der Waals surface area contributed by atoms with Crippen LogP contribution in [-0.4, -0.2) is 23.0 Å². The summed E-state index contributed by atoms with van der Waals surface area (Å²) >= 11 is 5.17. The second-order valence-corrected chi connectivity index (χ2v) is 6.57. The van der Waals surface area contributed by atoms with E-state index in [9.17, 15) is 4.79 Å². The van der Waals surface area contributed by atoms with Crippen LogP contribution in [0.5, 0.6) is 11.5 Å². The molecular formula is C21H21N3O3S. The van der Waals surface area contributed by atoms with Crippen molar-refractivity contribution in [1.29, 1.82) is 0 Å². The van der Waals surface area contributed by atoms with E-state index >= 15 is 0 Å². The number of nitrogens with one attached hydrogen (secondary N) is 2. The summed E-state index contributed by atoms with van der Waals surface area (Å²) in [6.07, 6.45) is 5.14. The van der Waals surface area contributed by atoms with Gasteiger partial charge in [0, 0.05) is 18.6 Å². The molecule has 0 spiro atoms. The molecule has 7 heteroatoms. The van der Waals surface area contributed by atoms with Crippen LogP contribution >= 0.6 is 12.2 Å². The van der Waals surface area contributed by atoms with Crippen LogP contribution < -0.4 is 14.8 Å². The zero-order chi connectivity index (χ0) is 19.9. The van der Waals surface area contributed by atoms with E-state index in [0.29, 0.717) is 28.3 Å². The van der Waals surface area contributed by atoms with Gasteiger partial charge in [0.25, 0.3) is 5.91 Å². The normalized spacial score (nSPS) is 11.5. The van der Waals surface area contributed by atoms with Gasteiger partial charge >= 0.3 is 0 Å². The Hall–Kier alpha value is -3.19. The average Bonchev–Trinajstić information content (AvgIpc) is 2.73. The number of carbonyl (C=O) groups excluding carboxylic acids is 1. The van der Waals surface area contributed by atoms with Crippen LogP contribution in [0.3, 0.4) is 0 Å². The maximum Gasteiger partial charge on any atom is 0.254 e. The monoisotopic (exact) mass is 395 g/mol. The largest absolute Gasteiger partial charge is 0.493 e. The van der Waals surface area contributed by atoms with Gasteiger partial charge in [0.05, 0.1) is 18.7 Å². The minimum absolute atomic E-state index is 0.230. The number of carbonyl (C=O) groups is 1. The van der Waals surface area contributed by atoms with Crippen molar-refractivity contribution in [2.45, 2.75) is 19.6 Å². The molecule has 1 aromatic carbocycles. The summed E-state index contributed by atoms with van der Waals surface area (Å²) in [5.74, 6) is 1.00. The van der Waals surface area contributed by atoms with Crippen molar-refractivity contribution in [3.63, 3.8) is 0 Å². The Morgan fingerprint density at radius 1 is 1.21 bits per heavy atom. The molecule has 2 aromatic heterocycles. The molecule has 1 atom stereocenters. The third kappa shape index (κ3) is 4.75. The Kier molecular flexibility index (Phi) is 6.39. The molecule has 3 aromatic rings. The lowest BCUT2D eigenvalue weighted by Gasteiger charge is -2.17. The molecular weight excluding hydrogens is 374 g/mol. The number of ether oxygens (including phenoxy) is 2. The lowest BCUT2D eigenvalue weighted by molar-refractivity contribution is 0.0939. The number of amides is 1. The second kappa shape index (κ2) is 9.14. The first kappa shape index (κ1) is 19.6. The average molecular weight is 395 g/mol. The lowest BCUT2D eigenvalue weighted by atomic mass is 10.1. The van der Waals surface area contributed by atoms with Crippen molar-refractivity contribution >= 4 is 18.1 Å². The van der Waals surface area contributed by atoms with Gasteiger partial charge in [-0.1, -0.05) is 18.3 Å². The van der Waals surface area contributed by atoms with Crippen molar-refractivity contribution in [1.82, 2.24) is 15.3 Å². The summed E-state index contributed by atoms with van der Waals surface area (Å²) in [6.45, 7) is 2.32. The Morgan fingerprint density at radius 3 is 2.71 bits per heavy atom. The fraction of sp³-hybridized carbons (Fsp3) is 0.190. The molecule has 0 fully saturated rings. The van der Waals surface area contributed by atoms with Crippen LogP contribution in [0.1, 0.15) is 34.5 Å². The zero-order valence-corrected chi connectivity index (χ0v) is 16.5. The van der Waals surface area contributed by atoms with E-state index in [-0.39, 0.29) is 11.9 Å². The first-order chi connectivity index (χ1) is 13.6. The summed E-state index contributed by atoms with van der Waals surface area (Å²) in [5.41, 5.74) is 2.35. The summed E-state index contributed by atoms with van der Waals surface area (Å²) in [6, 6.07) is 12.6. The first-order valence-electron chi connectivity index (χ1n) is 8.76. The molecule has 0 saturated heterocycles. The molecule has 1 unspecified atom stereocenters. The van der Waals surface area contributed by atoms with Crippen molar-refractivity contribution in [2.24, 2.45) is 0 Å². The Labute approximate surface area is 168 Å². The molecule has 0 saturated carbocycles. The van der Waals surface area contributed by atoms with E-state index in [4.69, 9.17) is 21.7 Å². The van der Waals surface area contributed by atoms with Gasteiger partial charge in [0.2, 0.25) is 0 Å². The summed E-state index contributed by atoms with van der Waals surface area (Å²) in [4.78, 5) is 19.3. The van der Waals surface area contributed by atoms with Crippen LogP contribution in [0.4, 0.5) is 0 Å². The molecule has 1 amide bonds. The number of aromatic nitrogens is 2. The fourth-order valence-corrected chi connectivity index (χ4v) is 2.90. The van der Waals surface area contributed by atoms with Crippen molar-refractivity contribution in [2.75, 3.05) is 7.11 Å². The van der Waals surface area contributed by atoms with Crippen LogP contribution in [0.15, 0.2) is 61.1 Å². The van der Waals surface area contributed by atoms with Gasteiger partial charge in [-0.3, -0.25) is 9.78 Å². The standard InChI is InChI=1S/C21H21N3O3S/c1-14(24-20(25)17-4-3-9-23-21(17)28)16-5-6-18(19(12-16)26-2)27-13-15-7-10-22-11-8-15/h3-12,14H,13H2,1-2H3,(H,23,28)(H,24,25). The Balaban J connectivity index is 1.71. The van der Waals surface area contributed by atoms with E-state index in [1.165, 1.54) is 0 Å². The SMILES string of the molecule is COc1cc(C(C)NC(=O)c2ccc[nH]c2=S)ccc1OCc1ccncc1. The van der Waals surface area contributed by atoms with Crippen molar-refractivity contribution < 1.29 is 14.3 Å². The zero-order valence-electron chi connectivity index (χ0n) is 15.6. The molecule has 0 bridgehead atoms. The Morgan fingerprint density at radius 2 is 2.00 bits per heavy atom. The van der Waals surface area contributed by atoms with E-state index < -0.39 is 0 Å². The number of methoxy groups -OCH3 is 1.